The van der Waals surface area contributed by atoms with Gasteiger partial charge in [-0.3, -0.25) is 4.79 Å². The van der Waals surface area contributed by atoms with Crippen LogP contribution in [0.2, 0.25) is 0 Å². The van der Waals surface area contributed by atoms with Crippen LogP contribution in [0.5, 0.6) is 17.2 Å². The van der Waals surface area contributed by atoms with Gasteiger partial charge in [-0.1, -0.05) is 18.2 Å². The molecule has 0 saturated carbocycles. The molecule has 0 fully saturated rings. The smallest absolute Gasteiger partial charge is 0.387 e. The molecule has 0 saturated heterocycles. The van der Waals surface area contributed by atoms with Crippen LogP contribution in [0.1, 0.15) is 22.0 Å². The summed E-state index contributed by atoms with van der Waals surface area (Å²) in [6.07, 6.45) is 0. The van der Waals surface area contributed by atoms with Gasteiger partial charge in [0.1, 0.15) is 11.8 Å². The summed E-state index contributed by atoms with van der Waals surface area (Å²) in [7, 11) is 2.74. The summed E-state index contributed by atoms with van der Waals surface area (Å²) < 4.78 is 39.5. The molecule has 136 valence electrons. The molecule has 0 spiro atoms. The van der Waals surface area contributed by atoms with Crippen molar-refractivity contribution in [2.45, 2.75) is 12.7 Å². The van der Waals surface area contributed by atoms with Crippen LogP contribution in [-0.4, -0.2) is 26.7 Å². The van der Waals surface area contributed by atoms with Crippen molar-refractivity contribution in [1.29, 1.82) is 5.26 Å². The van der Waals surface area contributed by atoms with Crippen molar-refractivity contribution in [3.8, 4) is 23.3 Å². The predicted molar refractivity (Wildman–Crippen MR) is 88.4 cm³/mol. The minimum atomic E-state index is -3.07. The normalized spacial score (nSPS) is 11.4. The van der Waals surface area contributed by atoms with Gasteiger partial charge < -0.3 is 19.5 Å². The number of rotatable bonds is 7. The number of hydrogen-bond donors (Lipinski definition) is 1. The van der Waals surface area contributed by atoms with Crippen LogP contribution >= 0.6 is 0 Å². The first kappa shape index (κ1) is 19.0. The minimum Gasteiger partial charge on any atom is -0.496 e. The summed E-state index contributed by atoms with van der Waals surface area (Å²) >= 11 is 0. The lowest BCUT2D eigenvalue weighted by Gasteiger charge is -2.16. The maximum atomic E-state index is 12.5. The van der Waals surface area contributed by atoms with Crippen molar-refractivity contribution in [2.24, 2.45) is 0 Å². The van der Waals surface area contributed by atoms with E-state index in [1.807, 2.05) is 6.07 Å². The highest BCUT2D eigenvalue weighted by Crippen LogP contribution is 2.30. The van der Waals surface area contributed by atoms with E-state index in [-0.39, 0.29) is 17.1 Å². The second-order valence-corrected chi connectivity index (χ2v) is 5.02. The van der Waals surface area contributed by atoms with Crippen LogP contribution in [0, 0.1) is 11.3 Å². The lowest BCUT2D eigenvalue weighted by Crippen LogP contribution is -2.28. The van der Waals surface area contributed by atoms with E-state index >= 15 is 0 Å². The average molecular weight is 362 g/mol. The van der Waals surface area contributed by atoms with Crippen LogP contribution in [0.25, 0.3) is 0 Å². The summed E-state index contributed by atoms with van der Waals surface area (Å²) in [5.74, 6) is -0.413. The van der Waals surface area contributed by atoms with E-state index < -0.39 is 18.6 Å². The summed E-state index contributed by atoms with van der Waals surface area (Å²) in [4.78, 5) is 12.4. The third-order valence-corrected chi connectivity index (χ3v) is 3.50. The molecule has 26 heavy (non-hydrogen) atoms. The van der Waals surface area contributed by atoms with Crippen LogP contribution in [0.15, 0.2) is 42.5 Å². The number of alkyl halides is 2. The van der Waals surface area contributed by atoms with Gasteiger partial charge in [-0.2, -0.15) is 14.0 Å². The van der Waals surface area contributed by atoms with Gasteiger partial charge in [-0.25, -0.2) is 0 Å². The standard InChI is InChI=1S/C18H16F2N2O4/c1-24-14-6-4-3-5-12(14)13(10-21)22-17(23)11-7-8-15(25-2)16(9-11)26-18(19)20/h3-9,13,18H,1-2H3,(H,22,23). The number of nitriles is 1. The highest BCUT2D eigenvalue weighted by molar-refractivity contribution is 5.95. The van der Waals surface area contributed by atoms with Gasteiger partial charge in [-0.15, -0.1) is 0 Å². The fourth-order valence-corrected chi connectivity index (χ4v) is 2.30. The molecule has 2 aromatic carbocycles. The van der Waals surface area contributed by atoms with E-state index in [0.717, 1.165) is 6.07 Å². The SMILES string of the molecule is COc1ccc(C(=O)NC(C#N)c2ccccc2OC)cc1OC(F)F. The summed E-state index contributed by atoms with van der Waals surface area (Å²) in [5.41, 5.74) is 0.514. The zero-order valence-corrected chi connectivity index (χ0v) is 14.0. The first-order valence-electron chi connectivity index (χ1n) is 7.46. The number of para-hydroxylation sites is 1. The predicted octanol–water partition coefficient (Wildman–Crippen LogP) is 3.30. The van der Waals surface area contributed by atoms with Crippen molar-refractivity contribution in [1.82, 2.24) is 5.32 Å². The topological polar surface area (TPSA) is 80.6 Å². The fraction of sp³-hybridized carbons (Fsp3) is 0.222. The van der Waals surface area contributed by atoms with Gasteiger partial charge in [-0.05, 0) is 24.3 Å². The Morgan fingerprint density at radius 2 is 1.77 bits per heavy atom. The Morgan fingerprint density at radius 3 is 2.38 bits per heavy atom. The number of nitrogens with zero attached hydrogens (tertiary/aromatic N) is 1. The third-order valence-electron chi connectivity index (χ3n) is 3.50. The lowest BCUT2D eigenvalue weighted by molar-refractivity contribution is -0.0512. The van der Waals surface area contributed by atoms with E-state index in [1.165, 1.54) is 26.4 Å². The molecule has 2 aromatic rings. The minimum absolute atomic E-state index is 0.0385. The Kier molecular flexibility index (Phi) is 6.33. The first-order valence-corrected chi connectivity index (χ1v) is 7.46. The number of halogens is 2. The summed E-state index contributed by atoms with van der Waals surface area (Å²) in [5, 5.41) is 11.9. The molecule has 1 N–H and O–H groups in total. The van der Waals surface area contributed by atoms with E-state index in [1.54, 1.807) is 24.3 Å². The molecule has 0 heterocycles. The van der Waals surface area contributed by atoms with Crippen LogP contribution in [0.4, 0.5) is 8.78 Å². The molecule has 6 nitrogen and oxygen atoms in total. The van der Waals surface area contributed by atoms with Crippen LogP contribution in [-0.2, 0) is 0 Å². The monoisotopic (exact) mass is 362 g/mol. The molecular formula is C18H16F2N2O4. The zero-order valence-electron chi connectivity index (χ0n) is 14.0. The zero-order chi connectivity index (χ0) is 19.1. The maximum Gasteiger partial charge on any atom is 0.387 e. The van der Waals surface area contributed by atoms with Crippen molar-refractivity contribution in [3.63, 3.8) is 0 Å². The molecule has 0 aromatic heterocycles. The number of carbonyl (C=O) groups excluding carboxylic acids is 1. The van der Waals surface area contributed by atoms with Gasteiger partial charge in [0, 0.05) is 11.1 Å². The fourth-order valence-electron chi connectivity index (χ4n) is 2.30. The molecule has 1 atom stereocenters. The lowest BCUT2D eigenvalue weighted by atomic mass is 10.1. The number of amides is 1. The van der Waals surface area contributed by atoms with Crippen LogP contribution < -0.4 is 19.5 Å². The van der Waals surface area contributed by atoms with Crippen molar-refractivity contribution in [2.75, 3.05) is 14.2 Å². The van der Waals surface area contributed by atoms with E-state index in [2.05, 4.69) is 10.1 Å². The molecule has 0 aliphatic rings. The van der Waals surface area contributed by atoms with Crippen LogP contribution in [0.3, 0.4) is 0 Å². The number of ether oxygens (including phenoxy) is 3. The van der Waals surface area contributed by atoms with Crippen molar-refractivity contribution in [3.05, 3.63) is 53.6 Å². The van der Waals surface area contributed by atoms with Gasteiger partial charge in [0.25, 0.3) is 5.91 Å². The second-order valence-electron chi connectivity index (χ2n) is 5.02. The number of methoxy groups -OCH3 is 2. The van der Waals surface area contributed by atoms with Crippen molar-refractivity contribution >= 4 is 5.91 Å². The first-order chi connectivity index (χ1) is 12.5. The molecule has 0 radical (unpaired) electrons. The highest BCUT2D eigenvalue weighted by Gasteiger charge is 2.20. The molecule has 0 bridgehead atoms. The Labute approximate surface area is 148 Å². The van der Waals surface area contributed by atoms with Gasteiger partial charge in [0.15, 0.2) is 11.5 Å². The van der Waals surface area contributed by atoms with E-state index in [9.17, 15) is 18.8 Å². The Bertz CT molecular complexity index is 821. The summed E-state index contributed by atoms with van der Waals surface area (Å²) in [6.45, 7) is -3.07. The molecular weight excluding hydrogens is 346 g/mol. The number of benzene rings is 2. The largest absolute Gasteiger partial charge is 0.496 e. The van der Waals surface area contributed by atoms with Crippen molar-refractivity contribution < 1.29 is 27.8 Å². The average Bonchev–Trinajstić information content (AvgIpc) is 2.65. The molecule has 1 unspecified atom stereocenters. The molecule has 0 aliphatic carbocycles. The molecule has 8 heteroatoms. The molecule has 0 aliphatic heterocycles. The molecule has 2 rings (SSSR count). The molecule has 1 amide bonds. The Morgan fingerprint density at radius 1 is 1.08 bits per heavy atom. The Balaban J connectivity index is 2.27. The quantitative estimate of drug-likeness (QED) is 0.817. The number of hydrogen-bond acceptors (Lipinski definition) is 5. The highest BCUT2D eigenvalue weighted by atomic mass is 19.3. The van der Waals surface area contributed by atoms with Gasteiger partial charge >= 0.3 is 6.61 Å². The van der Waals surface area contributed by atoms with Gasteiger partial charge in [0.2, 0.25) is 0 Å². The Hall–Kier alpha value is -3.34. The number of nitrogens with one attached hydrogen (secondary N) is 1. The van der Waals surface area contributed by atoms with E-state index in [0.29, 0.717) is 11.3 Å². The van der Waals surface area contributed by atoms with E-state index in [4.69, 9.17) is 9.47 Å². The number of carbonyl (C=O) groups is 1. The second kappa shape index (κ2) is 8.67. The third kappa shape index (κ3) is 4.39. The summed E-state index contributed by atoms with van der Waals surface area (Å²) in [6, 6.07) is 11.6. The van der Waals surface area contributed by atoms with Gasteiger partial charge in [0.05, 0.1) is 20.3 Å². The maximum absolute atomic E-state index is 12.5.